The van der Waals surface area contributed by atoms with Gasteiger partial charge < -0.3 is 11.1 Å². The van der Waals surface area contributed by atoms with E-state index in [2.05, 4.69) is 10.3 Å². The van der Waals surface area contributed by atoms with Crippen molar-refractivity contribution in [3.63, 3.8) is 0 Å². The van der Waals surface area contributed by atoms with Gasteiger partial charge in [0.1, 0.15) is 0 Å². The van der Waals surface area contributed by atoms with E-state index in [1.807, 2.05) is 31.2 Å². The van der Waals surface area contributed by atoms with Crippen LogP contribution in [0.5, 0.6) is 0 Å². The molecule has 0 fully saturated rings. The molecular formula is C17H17Cl2N3O. The molecule has 0 saturated heterocycles. The number of rotatable bonds is 2. The van der Waals surface area contributed by atoms with Gasteiger partial charge in [-0.15, -0.1) is 24.8 Å². The number of fused-ring (bicyclic) bond motifs is 1. The molecule has 1 amide bonds. The molecule has 0 saturated carbocycles. The van der Waals surface area contributed by atoms with Crippen LogP contribution in [0.1, 0.15) is 16.1 Å². The van der Waals surface area contributed by atoms with E-state index >= 15 is 0 Å². The Balaban J connectivity index is 0.00000132. The summed E-state index contributed by atoms with van der Waals surface area (Å²) in [6, 6.07) is 16.5. The van der Waals surface area contributed by atoms with Crippen molar-refractivity contribution in [3.05, 3.63) is 65.9 Å². The van der Waals surface area contributed by atoms with Crippen molar-refractivity contribution >= 4 is 53.0 Å². The molecular weight excluding hydrogens is 333 g/mol. The van der Waals surface area contributed by atoms with Gasteiger partial charge in [0.2, 0.25) is 0 Å². The second-order valence-corrected chi connectivity index (χ2v) is 4.91. The lowest BCUT2D eigenvalue weighted by atomic mass is 10.1. The number of nitrogens with zero attached hydrogens (tertiary/aromatic N) is 1. The van der Waals surface area contributed by atoms with Crippen LogP contribution in [0, 0.1) is 6.92 Å². The normalized spacial score (nSPS) is 9.61. The van der Waals surface area contributed by atoms with Gasteiger partial charge in [-0.1, -0.05) is 18.2 Å². The van der Waals surface area contributed by atoms with Crippen LogP contribution in [-0.4, -0.2) is 10.9 Å². The highest BCUT2D eigenvalue weighted by Crippen LogP contribution is 2.19. The minimum absolute atomic E-state index is 0. The number of anilines is 2. The fraction of sp³-hybridized carbons (Fsp3) is 0.0588. The lowest BCUT2D eigenvalue weighted by Gasteiger charge is -2.08. The number of amides is 1. The predicted molar refractivity (Wildman–Crippen MR) is 99.8 cm³/mol. The average molecular weight is 350 g/mol. The molecule has 6 heteroatoms. The smallest absolute Gasteiger partial charge is 0.257 e. The molecule has 4 nitrogen and oxygen atoms in total. The molecule has 0 spiro atoms. The Morgan fingerprint density at radius 1 is 1.00 bits per heavy atom. The van der Waals surface area contributed by atoms with E-state index in [1.54, 1.807) is 30.3 Å². The van der Waals surface area contributed by atoms with Crippen LogP contribution < -0.4 is 11.1 Å². The zero-order valence-corrected chi connectivity index (χ0v) is 14.1. The first-order chi connectivity index (χ1) is 10.1. The SMILES string of the molecule is Cc1ccc2cccc(C(=O)Nc3ccc(N)cc3)c2n1.Cl.Cl. The summed E-state index contributed by atoms with van der Waals surface area (Å²) < 4.78 is 0. The number of pyridine rings is 1. The van der Waals surface area contributed by atoms with Crippen LogP contribution >= 0.6 is 24.8 Å². The number of aromatic nitrogens is 1. The van der Waals surface area contributed by atoms with Gasteiger partial charge in [0, 0.05) is 22.5 Å². The first-order valence-corrected chi connectivity index (χ1v) is 6.67. The molecule has 1 heterocycles. The van der Waals surface area contributed by atoms with Gasteiger partial charge in [0.05, 0.1) is 11.1 Å². The van der Waals surface area contributed by atoms with Crippen molar-refractivity contribution in [2.45, 2.75) is 6.92 Å². The maximum Gasteiger partial charge on any atom is 0.257 e. The van der Waals surface area contributed by atoms with Crippen molar-refractivity contribution in [2.24, 2.45) is 0 Å². The molecule has 0 aliphatic rings. The Morgan fingerprint density at radius 3 is 2.39 bits per heavy atom. The third kappa shape index (κ3) is 4.12. The second-order valence-electron chi connectivity index (χ2n) is 4.91. The quantitative estimate of drug-likeness (QED) is 0.680. The molecule has 1 aromatic heterocycles. The van der Waals surface area contributed by atoms with E-state index in [4.69, 9.17) is 5.73 Å². The minimum atomic E-state index is -0.177. The van der Waals surface area contributed by atoms with Gasteiger partial charge in [0.15, 0.2) is 0 Å². The number of para-hydroxylation sites is 1. The second kappa shape index (κ2) is 7.81. The average Bonchev–Trinajstić information content (AvgIpc) is 2.49. The summed E-state index contributed by atoms with van der Waals surface area (Å²) in [6.45, 7) is 1.91. The maximum absolute atomic E-state index is 12.4. The van der Waals surface area contributed by atoms with Crippen molar-refractivity contribution < 1.29 is 4.79 Å². The molecule has 0 aliphatic carbocycles. The van der Waals surface area contributed by atoms with Crippen LogP contribution in [0.4, 0.5) is 11.4 Å². The highest BCUT2D eigenvalue weighted by Gasteiger charge is 2.11. The molecule has 23 heavy (non-hydrogen) atoms. The first-order valence-electron chi connectivity index (χ1n) is 6.67. The summed E-state index contributed by atoms with van der Waals surface area (Å²) in [6.07, 6.45) is 0. The Kier molecular flexibility index (Phi) is 6.37. The fourth-order valence-electron chi connectivity index (χ4n) is 2.19. The summed E-state index contributed by atoms with van der Waals surface area (Å²) in [5.41, 5.74) is 9.17. The molecule has 0 unspecified atom stereocenters. The highest BCUT2D eigenvalue weighted by atomic mass is 35.5. The van der Waals surface area contributed by atoms with E-state index in [9.17, 15) is 4.79 Å². The van der Waals surface area contributed by atoms with E-state index in [-0.39, 0.29) is 30.7 Å². The molecule has 0 radical (unpaired) electrons. The van der Waals surface area contributed by atoms with Gasteiger partial charge in [-0.2, -0.15) is 0 Å². The summed E-state index contributed by atoms with van der Waals surface area (Å²) in [7, 11) is 0. The molecule has 3 rings (SSSR count). The number of hydrogen-bond acceptors (Lipinski definition) is 3. The fourth-order valence-corrected chi connectivity index (χ4v) is 2.19. The molecule has 0 atom stereocenters. The number of nitrogens with two attached hydrogens (primary N) is 1. The van der Waals surface area contributed by atoms with Crippen LogP contribution in [0.3, 0.4) is 0 Å². The third-order valence-corrected chi connectivity index (χ3v) is 3.27. The van der Waals surface area contributed by atoms with E-state index in [1.165, 1.54) is 0 Å². The molecule has 3 aromatic rings. The van der Waals surface area contributed by atoms with Gasteiger partial charge in [-0.25, -0.2) is 0 Å². The Morgan fingerprint density at radius 2 is 1.70 bits per heavy atom. The number of carbonyl (C=O) groups is 1. The molecule has 0 bridgehead atoms. The molecule has 2 aromatic carbocycles. The summed E-state index contributed by atoms with van der Waals surface area (Å²) in [5, 5.41) is 3.81. The van der Waals surface area contributed by atoms with Gasteiger partial charge in [-0.05, 0) is 43.3 Å². The van der Waals surface area contributed by atoms with E-state index in [0.29, 0.717) is 22.5 Å². The molecule has 120 valence electrons. The number of hydrogen-bond donors (Lipinski definition) is 2. The number of benzene rings is 2. The molecule has 3 N–H and O–H groups in total. The maximum atomic E-state index is 12.4. The number of aryl methyl sites for hydroxylation is 1. The number of nitrogens with one attached hydrogen (secondary N) is 1. The van der Waals surface area contributed by atoms with Crippen molar-refractivity contribution in [3.8, 4) is 0 Å². The molecule has 0 aliphatic heterocycles. The van der Waals surface area contributed by atoms with Crippen LogP contribution in [0.15, 0.2) is 54.6 Å². The monoisotopic (exact) mass is 349 g/mol. The Bertz CT molecular complexity index is 820. The van der Waals surface area contributed by atoms with Crippen LogP contribution in [-0.2, 0) is 0 Å². The van der Waals surface area contributed by atoms with E-state index in [0.717, 1.165) is 11.1 Å². The first kappa shape index (κ1) is 18.7. The Hall–Kier alpha value is -2.30. The number of halogens is 2. The summed E-state index contributed by atoms with van der Waals surface area (Å²) in [4.78, 5) is 16.9. The largest absolute Gasteiger partial charge is 0.399 e. The standard InChI is InChI=1S/C17H15N3O.2ClH/c1-11-5-6-12-3-2-4-15(16(12)19-11)17(21)20-14-9-7-13(18)8-10-14;;/h2-10H,18H2,1H3,(H,20,21);2*1H. The van der Waals surface area contributed by atoms with Crippen molar-refractivity contribution in [2.75, 3.05) is 11.1 Å². The van der Waals surface area contributed by atoms with Crippen molar-refractivity contribution in [1.29, 1.82) is 0 Å². The van der Waals surface area contributed by atoms with E-state index < -0.39 is 0 Å². The highest BCUT2D eigenvalue weighted by molar-refractivity contribution is 6.11. The van der Waals surface area contributed by atoms with Crippen LogP contribution in [0.25, 0.3) is 10.9 Å². The van der Waals surface area contributed by atoms with Gasteiger partial charge in [0.25, 0.3) is 5.91 Å². The van der Waals surface area contributed by atoms with Crippen LogP contribution in [0.2, 0.25) is 0 Å². The summed E-state index contributed by atoms with van der Waals surface area (Å²) >= 11 is 0. The number of carbonyl (C=O) groups excluding carboxylic acids is 1. The minimum Gasteiger partial charge on any atom is -0.399 e. The van der Waals surface area contributed by atoms with Crippen molar-refractivity contribution in [1.82, 2.24) is 4.98 Å². The number of nitrogen functional groups attached to an aromatic ring is 1. The predicted octanol–water partition coefficient (Wildman–Crippen LogP) is 4.22. The third-order valence-electron chi connectivity index (χ3n) is 3.27. The zero-order valence-electron chi connectivity index (χ0n) is 12.4. The van der Waals surface area contributed by atoms with Gasteiger partial charge in [-0.3, -0.25) is 9.78 Å². The zero-order chi connectivity index (χ0) is 14.8. The topological polar surface area (TPSA) is 68.0 Å². The lowest BCUT2D eigenvalue weighted by Crippen LogP contribution is -2.13. The lowest BCUT2D eigenvalue weighted by molar-refractivity contribution is 0.102. The summed E-state index contributed by atoms with van der Waals surface area (Å²) in [5.74, 6) is -0.177. The van der Waals surface area contributed by atoms with Gasteiger partial charge >= 0.3 is 0 Å². The Labute approximate surface area is 146 Å².